The van der Waals surface area contributed by atoms with Gasteiger partial charge in [-0.05, 0) is 68.7 Å². The molecule has 20 heteroatoms. The summed E-state index contributed by atoms with van der Waals surface area (Å²) >= 11 is 6.90. The second-order valence-electron chi connectivity index (χ2n) is 12.7. The summed E-state index contributed by atoms with van der Waals surface area (Å²) in [5.74, 6) is -4.45. The lowest BCUT2D eigenvalue weighted by Gasteiger charge is -2.35. The van der Waals surface area contributed by atoms with Gasteiger partial charge in [-0.25, -0.2) is 0 Å². The Kier molecular flexibility index (Phi) is 24.4. The first kappa shape index (κ1) is 51.7. The summed E-state index contributed by atoms with van der Waals surface area (Å²) in [7, 11) is 0. The number of nitrogens with two attached hydrogens (primary N) is 1. The van der Waals surface area contributed by atoms with Crippen molar-refractivity contribution in [2.75, 3.05) is 69.6 Å². The topological polar surface area (TPSA) is 306 Å². The normalized spacial score (nSPS) is 13.6. The van der Waals surface area contributed by atoms with E-state index in [2.05, 4.69) is 15.5 Å². The molecule has 12 N–H and O–H groups in total. The number of carboxylic acids is 2. The lowest BCUT2D eigenvalue weighted by Crippen LogP contribution is -2.49. The zero-order chi connectivity index (χ0) is 38.9. The van der Waals surface area contributed by atoms with Gasteiger partial charge in [-0.2, -0.15) is 0 Å². The summed E-state index contributed by atoms with van der Waals surface area (Å²) in [6.07, 6.45) is 0.561. The van der Waals surface area contributed by atoms with Gasteiger partial charge in [0.1, 0.15) is 12.6 Å². The summed E-state index contributed by atoms with van der Waals surface area (Å²) < 4.78 is 5.70. The Bertz CT molecular complexity index is 1550. The number of carbonyl (C=O) groups excluding carboxylic acids is 4. The van der Waals surface area contributed by atoms with Gasteiger partial charge in [-0.15, -0.1) is 11.8 Å². The van der Waals surface area contributed by atoms with Crippen LogP contribution in [0, 0.1) is 0 Å². The second-order valence-corrected chi connectivity index (χ2v) is 14.3. The SMILES string of the molecule is CC(C)OCCN(C(=O)C(SCCNC(=O)CC[C@@H](N)C(=O)O)C(=O)NCC(=O)O)c1ccc(C(=O)N2CCN(CCc3ccc(Cl)cc3)CC2)cc1.O.O.O. The van der Waals surface area contributed by atoms with Crippen LogP contribution in [0.2, 0.25) is 5.02 Å². The highest BCUT2D eigenvalue weighted by atomic mass is 35.5. The van der Waals surface area contributed by atoms with Crippen molar-refractivity contribution in [3.05, 3.63) is 64.7 Å². The van der Waals surface area contributed by atoms with Gasteiger partial charge in [0, 0.05) is 74.3 Å². The quantitative estimate of drug-likeness (QED) is 0.0766. The molecule has 0 spiro atoms. The lowest BCUT2D eigenvalue weighted by molar-refractivity contribution is -0.139. The Balaban J connectivity index is 0.0000101. The van der Waals surface area contributed by atoms with Crippen molar-refractivity contribution in [2.45, 2.75) is 50.5 Å². The van der Waals surface area contributed by atoms with Crippen LogP contribution in [0.25, 0.3) is 0 Å². The van der Waals surface area contributed by atoms with Crippen LogP contribution in [0.1, 0.15) is 42.6 Å². The van der Waals surface area contributed by atoms with E-state index in [1.165, 1.54) is 10.5 Å². The number of hydrogen-bond donors (Lipinski definition) is 5. The molecule has 1 unspecified atom stereocenters. The van der Waals surface area contributed by atoms with Gasteiger partial charge in [-0.3, -0.25) is 33.7 Å². The van der Waals surface area contributed by atoms with Crippen molar-refractivity contribution < 1.29 is 60.1 Å². The molecule has 2 aromatic rings. The minimum atomic E-state index is -1.39. The number of carbonyl (C=O) groups is 6. The zero-order valence-electron chi connectivity index (χ0n) is 31.5. The minimum Gasteiger partial charge on any atom is -0.480 e. The maximum atomic E-state index is 14.0. The van der Waals surface area contributed by atoms with Gasteiger partial charge < -0.3 is 57.5 Å². The number of aliphatic carboxylic acids is 2. The highest BCUT2D eigenvalue weighted by Gasteiger charge is 2.33. The molecule has 18 nitrogen and oxygen atoms in total. The average molecular weight is 831 g/mol. The predicted molar refractivity (Wildman–Crippen MR) is 213 cm³/mol. The van der Waals surface area contributed by atoms with Gasteiger partial charge in [-0.1, -0.05) is 23.7 Å². The molecule has 3 rings (SSSR count). The van der Waals surface area contributed by atoms with Crippen molar-refractivity contribution in [1.29, 1.82) is 0 Å². The number of nitrogens with one attached hydrogen (secondary N) is 2. The summed E-state index contributed by atoms with van der Waals surface area (Å²) in [4.78, 5) is 80.4. The molecule has 1 aliphatic rings. The molecule has 1 heterocycles. The third kappa shape index (κ3) is 17.6. The maximum absolute atomic E-state index is 14.0. The molecule has 0 saturated carbocycles. The summed E-state index contributed by atoms with van der Waals surface area (Å²) in [5, 5.41) is 22.2. The Morgan fingerprint density at radius 3 is 2.12 bits per heavy atom. The number of amides is 4. The zero-order valence-corrected chi connectivity index (χ0v) is 33.1. The number of halogens is 1. The molecule has 0 aromatic heterocycles. The number of hydrogen-bond acceptors (Lipinski definition) is 10. The number of ether oxygens (including phenoxy) is 1. The van der Waals surface area contributed by atoms with E-state index in [1.54, 1.807) is 29.2 Å². The predicted octanol–water partition coefficient (Wildman–Crippen LogP) is -0.765. The van der Waals surface area contributed by atoms with Gasteiger partial charge in [0.2, 0.25) is 17.7 Å². The van der Waals surface area contributed by atoms with E-state index < -0.39 is 47.5 Å². The molecule has 314 valence electrons. The number of piperazine rings is 1. The number of carboxylic acid groups (broad SMARTS) is 2. The number of thioether (sulfide) groups is 1. The van der Waals surface area contributed by atoms with Gasteiger partial charge >= 0.3 is 11.9 Å². The third-order valence-corrected chi connectivity index (χ3v) is 9.77. The van der Waals surface area contributed by atoms with E-state index in [0.717, 1.165) is 37.8 Å². The van der Waals surface area contributed by atoms with Crippen LogP contribution in [0.5, 0.6) is 0 Å². The molecule has 1 fully saturated rings. The van der Waals surface area contributed by atoms with Crippen LogP contribution >= 0.6 is 23.4 Å². The molecule has 0 bridgehead atoms. The van der Waals surface area contributed by atoms with E-state index in [0.29, 0.717) is 29.4 Å². The van der Waals surface area contributed by atoms with Gasteiger partial charge in [0.25, 0.3) is 5.91 Å². The molecule has 0 radical (unpaired) electrons. The number of anilines is 1. The Hall–Kier alpha value is -4.34. The van der Waals surface area contributed by atoms with Crippen molar-refractivity contribution in [3.63, 3.8) is 0 Å². The summed E-state index contributed by atoms with van der Waals surface area (Å²) in [6, 6.07) is 13.1. The number of benzene rings is 2. The smallest absolute Gasteiger partial charge is 0.322 e. The highest BCUT2D eigenvalue weighted by Crippen LogP contribution is 2.22. The van der Waals surface area contributed by atoms with Crippen LogP contribution in [0.3, 0.4) is 0 Å². The molecule has 2 aromatic carbocycles. The Morgan fingerprint density at radius 2 is 1.55 bits per heavy atom. The van der Waals surface area contributed by atoms with Crippen molar-refractivity contribution in [1.82, 2.24) is 20.4 Å². The molecular formula is C36H55ClN6O12S. The van der Waals surface area contributed by atoms with E-state index in [1.807, 2.05) is 38.1 Å². The van der Waals surface area contributed by atoms with Crippen LogP contribution in [0.4, 0.5) is 5.69 Å². The first-order valence-corrected chi connectivity index (χ1v) is 18.8. The second kappa shape index (κ2) is 26.5. The Labute approximate surface area is 335 Å². The first-order valence-electron chi connectivity index (χ1n) is 17.4. The third-order valence-electron chi connectivity index (χ3n) is 8.33. The summed E-state index contributed by atoms with van der Waals surface area (Å²) in [5.41, 5.74) is 7.50. The minimum absolute atomic E-state index is 0. The number of rotatable bonds is 21. The lowest BCUT2D eigenvalue weighted by atomic mass is 10.1. The fourth-order valence-corrected chi connectivity index (χ4v) is 6.43. The van der Waals surface area contributed by atoms with Crippen LogP contribution < -0.4 is 21.3 Å². The van der Waals surface area contributed by atoms with Crippen LogP contribution in [-0.4, -0.2) is 154 Å². The van der Waals surface area contributed by atoms with Gasteiger partial charge in [0.15, 0.2) is 5.25 Å². The number of nitrogens with zero attached hydrogens (tertiary/aromatic N) is 3. The maximum Gasteiger partial charge on any atom is 0.322 e. The molecule has 56 heavy (non-hydrogen) atoms. The fourth-order valence-electron chi connectivity index (χ4n) is 5.35. The van der Waals surface area contributed by atoms with E-state index in [4.69, 9.17) is 32.3 Å². The average Bonchev–Trinajstić information content (AvgIpc) is 3.14. The molecule has 0 aliphatic carbocycles. The monoisotopic (exact) mass is 830 g/mol. The molecule has 1 saturated heterocycles. The molecule has 4 amide bonds. The van der Waals surface area contributed by atoms with Crippen LogP contribution in [0.15, 0.2) is 48.5 Å². The molecule has 1 aliphatic heterocycles. The highest BCUT2D eigenvalue weighted by molar-refractivity contribution is 8.01. The molecule has 2 atom stereocenters. The van der Waals surface area contributed by atoms with Crippen molar-refractivity contribution in [3.8, 4) is 0 Å². The molecular weight excluding hydrogens is 776 g/mol. The van der Waals surface area contributed by atoms with Crippen molar-refractivity contribution >= 4 is 64.6 Å². The van der Waals surface area contributed by atoms with E-state index >= 15 is 0 Å². The van der Waals surface area contributed by atoms with E-state index in [-0.39, 0.29) is 66.7 Å². The standard InChI is InChI=1S/C36H49ClN6O9S.3H2O/c1-24(2)52-21-20-43(35(49)32(33(47)40-23-31(45)46)53-22-14-39-30(44)12-11-29(38)36(50)51)28-9-5-26(6-10-28)34(48)42-18-16-41(17-19-42)15-13-25-3-7-27(37)8-4-25;;;/h3-10,24,29,32H,11-23,38H2,1-2H3,(H,39,44)(H,40,47)(H,45,46)(H,50,51);3*1H2/t29-,32?;;;/m1.../s1. The van der Waals surface area contributed by atoms with E-state index in [9.17, 15) is 28.8 Å². The van der Waals surface area contributed by atoms with Gasteiger partial charge in [0.05, 0.1) is 12.7 Å². The first-order chi connectivity index (χ1) is 25.2. The Morgan fingerprint density at radius 1 is 0.929 bits per heavy atom. The van der Waals surface area contributed by atoms with Crippen LogP contribution in [-0.2, 0) is 35.1 Å². The fraction of sp³-hybridized carbons (Fsp3) is 0.500. The van der Waals surface area contributed by atoms with Crippen molar-refractivity contribution in [2.24, 2.45) is 5.73 Å². The summed E-state index contributed by atoms with van der Waals surface area (Å²) in [6.45, 7) is 6.71. The largest absolute Gasteiger partial charge is 0.480 e.